The number of aromatic nitrogens is 2. The molecule has 3 aromatic rings. The molecule has 4 atom stereocenters. The quantitative estimate of drug-likeness (QED) is 0.510. The van der Waals surface area contributed by atoms with Gasteiger partial charge in [-0.15, -0.1) is 0 Å². The molecule has 166 valence electrons. The number of carbonyl (C=O) groups excluding carboxylic acids is 1. The zero-order valence-corrected chi connectivity index (χ0v) is 17.1. The fourth-order valence-corrected chi connectivity index (χ4v) is 3.42. The van der Waals surface area contributed by atoms with Gasteiger partial charge in [-0.25, -0.2) is 4.79 Å². The number of aliphatic hydroxyl groups excluding tert-OH is 2. The number of aliphatic hydroxyl groups is 2. The highest BCUT2D eigenvalue weighted by Crippen LogP contribution is 2.28. The molecule has 0 unspecified atom stereocenters. The van der Waals surface area contributed by atoms with E-state index in [0.717, 1.165) is 10.1 Å². The van der Waals surface area contributed by atoms with Gasteiger partial charge in [0.25, 0.3) is 5.91 Å². The molecule has 1 amide bonds. The second kappa shape index (κ2) is 9.84. The summed E-state index contributed by atoms with van der Waals surface area (Å²) >= 11 is 0. The zero-order chi connectivity index (χ0) is 22.5. The molecule has 0 spiro atoms. The highest BCUT2D eigenvalue weighted by atomic mass is 16.6. The van der Waals surface area contributed by atoms with Crippen LogP contribution in [0.25, 0.3) is 0 Å². The van der Waals surface area contributed by atoms with E-state index < -0.39 is 36.1 Å². The Hall–Kier alpha value is -3.37. The first kappa shape index (κ1) is 21.8. The fourth-order valence-electron chi connectivity index (χ4n) is 3.42. The van der Waals surface area contributed by atoms with Crippen LogP contribution in [0.15, 0.2) is 77.7 Å². The maximum atomic E-state index is 12.5. The lowest BCUT2D eigenvalue weighted by molar-refractivity contribution is -0.0710. The van der Waals surface area contributed by atoms with Crippen molar-refractivity contribution in [2.45, 2.75) is 31.1 Å². The van der Waals surface area contributed by atoms with Gasteiger partial charge in [0.05, 0.1) is 13.2 Å². The smallest absolute Gasteiger partial charge is 0.351 e. The molecule has 9 nitrogen and oxygen atoms in total. The average Bonchev–Trinajstić information content (AvgIpc) is 3.09. The summed E-state index contributed by atoms with van der Waals surface area (Å²) in [5, 5.41) is 23.3. The molecule has 0 saturated carbocycles. The maximum Gasteiger partial charge on any atom is 0.351 e. The van der Waals surface area contributed by atoms with Crippen molar-refractivity contribution in [1.82, 2.24) is 9.55 Å². The Balaban J connectivity index is 1.39. The monoisotopic (exact) mass is 437 g/mol. The van der Waals surface area contributed by atoms with Crippen molar-refractivity contribution >= 4 is 11.7 Å². The molecular weight excluding hydrogens is 414 g/mol. The number of hydrogen-bond acceptors (Lipinski definition) is 7. The topological polar surface area (TPSA) is 123 Å². The minimum Gasteiger partial charge on any atom is -0.387 e. The number of hydrogen-bond donors (Lipinski definition) is 3. The third-order valence-corrected chi connectivity index (χ3v) is 5.11. The molecule has 0 bridgehead atoms. The van der Waals surface area contributed by atoms with E-state index in [1.807, 2.05) is 30.3 Å². The molecule has 0 aliphatic carbocycles. The predicted octanol–water partition coefficient (Wildman–Crippen LogP) is 1.33. The van der Waals surface area contributed by atoms with Crippen LogP contribution in [0, 0.1) is 0 Å². The molecular formula is C23H23N3O6. The second-order valence-corrected chi connectivity index (χ2v) is 7.37. The van der Waals surface area contributed by atoms with E-state index in [1.54, 1.807) is 30.3 Å². The van der Waals surface area contributed by atoms with Crippen molar-refractivity contribution in [3.8, 4) is 0 Å². The van der Waals surface area contributed by atoms with Crippen LogP contribution < -0.4 is 11.0 Å². The van der Waals surface area contributed by atoms with Crippen LogP contribution in [0.1, 0.15) is 22.1 Å². The normalized spacial score (nSPS) is 22.6. The van der Waals surface area contributed by atoms with E-state index in [2.05, 4.69) is 10.3 Å². The van der Waals surface area contributed by atoms with Gasteiger partial charge in [0.2, 0.25) is 0 Å². The van der Waals surface area contributed by atoms with E-state index >= 15 is 0 Å². The van der Waals surface area contributed by atoms with Gasteiger partial charge in [-0.1, -0.05) is 48.5 Å². The van der Waals surface area contributed by atoms with Crippen LogP contribution in [0.5, 0.6) is 0 Å². The Kier molecular flexibility index (Phi) is 6.72. The summed E-state index contributed by atoms with van der Waals surface area (Å²) < 4.78 is 12.4. The SMILES string of the molecule is O=C(Nc1ccn([C@@H]2O[C@H](COCc3ccccc3)[C@@H](O)[C@H]2O)c(=O)n1)c1ccccc1. The summed E-state index contributed by atoms with van der Waals surface area (Å²) in [5.74, 6) is -0.339. The molecule has 1 aliphatic rings. The molecule has 1 aliphatic heterocycles. The number of nitrogens with zero attached hydrogens (tertiary/aromatic N) is 2. The van der Waals surface area contributed by atoms with Gasteiger partial charge >= 0.3 is 5.69 Å². The Morgan fingerprint density at radius 2 is 1.72 bits per heavy atom. The number of amides is 1. The maximum absolute atomic E-state index is 12.5. The third-order valence-electron chi connectivity index (χ3n) is 5.11. The number of nitrogens with one attached hydrogen (secondary N) is 1. The fraction of sp³-hybridized carbons (Fsp3) is 0.261. The number of carbonyl (C=O) groups is 1. The molecule has 2 aromatic carbocycles. The number of ether oxygens (including phenoxy) is 2. The van der Waals surface area contributed by atoms with Crippen molar-refractivity contribution in [3.63, 3.8) is 0 Å². The molecule has 1 fully saturated rings. The summed E-state index contributed by atoms with van der Waals surface area (Å²) in [6.07, 6.45) is -3.17. The highest BCUT2D eigenvalue weighted by molar-refractivity contribution is 6.03. The molecule has 32 heavy (non-hydrogen) atoms. The van der Waals surface area contributed by atoms with E-state index in [4.69, 9.17) is 9.47 Å². The summed E-state index contributed by atoms with van der Waals surface area (Å²) in [6, 6.07) is 19.4. The van der Waals surface area contributed by atoms with Crippen molar-refractivity contribution in [2.24, 2.45) is 0 Å². The van der Waals surface area contributed by atoms with Gasteiger partial charge in [-0.3, -0.25) is 9.36 Å². The van der Waals surface area contributed by atoms with Crippen LogP contribution in [0.4, 0.5) is 5.82 Å². The van der Waals surface area contributed by atoms with Crippen LogP contribution in [0.3, 0.4) is 0 Å². The van der Waals surface area contributed by atoms with Crippen LogP contribution >= 0.6 is 0 Å². The van der Waals surface area contributed by atoms with Crippen LogP contribution in [-0.2, 0) is 16.1 Å². The summed E-state index contributed by atoms with van der Waals surface area (Å²) in [6.45, 7) is 0.364. The Morgan fingerprint density at radius 3 is 2.41 bits per heavy atom. The Bertz CT molecular complexity index is 1110. The molecule has 0 radical (unpaired) electrons. The van der Waals surface area contributed by atoms with E-state index in [1.165, 1.54) is 12.3 Å². The van der Waals surface area contributed by atoms with Crippen molar-refractivity contribution in [1.29, 1.82) is 0 Å². The number of benzene rings is 2. The molecule has 4 rings (SSSR count). The van der Waals surface area contributed by atoms with Crippen molar-refractivity contribution < 1.29 is 24.5 Å². The largest absolute Gasteiger partial charge is 0.387 e. The zero-order valence-electron chi connectivity index (χ0n) is 17.1. The van der Waals surface area contributed by atoms with Gasteiger partial charge in [0.1, 0.15) is 24.1 Å². The first-order chi connectivity index (χ1) is 15.5. The first-order valence-corrected chi connectivity index (χ1v) is 10.1. The van der Waals surface area contributed by atoms with Gasteiger partial charge in [0, 0.05) is 11.8 Å². The summed E-state index contributed by atoms with van der Waals surface area (Å²) in [4.78, 5) is 28.6. The molecule has 2 heterocycles. The predicted molar refractivity (Wildman–Crippen MR) is 115 cm³/mol. The van der Waals surface area contributed by atoms with Gasteiger partial charge in [-0.2, -0.15) is 4.98 Å². The van der Waals surface area contributed by atoms with Gasteiger partial charge < -0.3 is 25.0 Å². The number of anilines is 1. The van der Waals surface area contributed by atoms with E-state index in [0.29, 0.717) is 12.2 Å². The molecule has 3 N–H and O–H groups in total. The number of rotatable bonds is 7. The minimum atomic E-state index is -1.34. The van der Waals surface area contributed by atoms with E-state index in [-0.39, 0.29) is 12.4 Å². The lowest BCUT2D eigenvalue weighted by Gasteiger charge is -2.17. The highest BCUT2D eigenvalue weighted by Gasteiger charge is 2.44. The minimum absolute atomic E-state index is 0.0387. The Morgan fingerprint density at radius 1 is 1.03 bits per heavy atom. The van der Waals surface area contributed by atoms with Gasteiger partial charge in [0.15, 0.2) is 6.23 Å². The lowest BCUT2D eigenvalue weighted by Crippen LogP contribution is -2.36. The standard InChI is InChI=1S/C23H23N3O6/c27-19-17(14-31-13-15-7-3-1-4-8-15)32-22(20(19)28)26-12-11-18(25-23(26)30)24-21(29)16-9-5-2-6-10-16/h1-12,17,19-20,22,27-28H,13-14H2,(H,24,25,29,30)/t17-,19-,20-,22-/m1/s1. The molecule has 1 saturated heterocycles. The van der Waals surface area contributed by atoms with Crippen molar-refractivity contribution in [2.75, 3.05) is 11.9 Å². The average molecular weight is 437 g/mol. The molecule has 1 aromatic heterocycles. The Labute approximate surface area is 183 Å². The third kappa shape index (κ3) is 4.92. The van der Waals surface area contributed by atoms with Crippen LogP contribution in [0.2, 0.25) is 0 Å². The summed E-state index contributed by atoms with van der Waals surface area (Å²) in [7, 11) is 0. The lowest BCUT2D eigenvalue weighted by atomic mass is 10.1. The summed E-state index contributed by atoms with van der Waals surface area (Å²) in [5.41, 5.74) is 0.651. The van der Waals surface area contributed by atoms with Crippen molar-refractivity contribution in [3.05, 3.63) is 94.5 Å². The first-order valence-electron chi connectivity index (χ1n) is 10.1. The van der Waals surface area contributed by atoms with Crippen LogP contribution in [-0.4, -0.2) is 50.6 Å². The van der Waals surface area contributed by atoms with E-state index in [9.17, 15) is 19.8 Å². The second-order valence-electron chi connectivity index (χ2n) is 7.37. The molecule has 9 heteroatoms. The van der Waals surface area contributed by atoms with Gasteiger partial charge in [-0.05, 0) is 23.8 Å².